The molecule has 148 valence electrons. The highest BCUT2D eigenvalue weighted by atomic mass is 16.2. The summed E-state index contributed by atoms with van der Waals surface area (Å²) in [6.45, 7) is 0. The monoisotopic (exact) mass is 399 g/mol. The fourth-order valence-electron chi connectivity index (χ4n) is 10.1. The number of aromatic nitrogens is 3. The Labute approximate surface area is 169 Å². The summed E-state index contributed by atoms with van der Waals surface area (Å²) < 4.78 is 4.22. The smallest absolute Gasteiger partial charge is 0.299 e. The number of rotatable bonds is 1. The molecule has 8 aliphatic rings. The summed E-state index contributed by atoms with van der Waals surface area (Å²) >= 11 is 0. The normalized spacial score (nSPS) is 51.1. The highest BCUT2D eigenvalue weighted by Crippen LogP contribution is 2.94. The molecule has 6 aliphatic carbocycles. The van der Waals surface area contributed by atoms with E-state index in [1.807, 2.05) is 18.2 Å². The minimum Gasteiger partial charge on any atom is -0.299 e. The highest BCUT2D eigenvalue weighted by Gasteiger charge is 3.00. The molecule has 0 amide bonds. The van der Waals surface area contributed by atoms with Crippen molar-refractivity contribution in [2.24, 2.45) is 46.3 Å². The van der Waals surface area contributed by atoms with E-state index in [9.17, 15) is 19.2 Å². The van der Waals surface area contributed by atoms with Gasteiger partial charge >= 0.3 is 11.4 Å². The van der Waals surface area contributed by atoms with Crippen LogP contribution in [0.3, 0.4) is 0 Å². The predicted molar refractivity (Wildman–Crippen MR) is 102 cm³/mol. The minimum absolute atomic E-state index is 0.140. The van der Waals surface area contributed by atoms with E-state index in [-0.39, 0.29) is 35.2 Å². The molecule has 7 heteroatoms. The van der Waals surface area contributed by atoms with Crippen LogP contribution >= 0.6 is 0 Å². The maximum absolute atomic E-state index is 13.9. The maximum atomic E-state index is 13.9. The van der Waals surface area contributed by atoms with Crippen LogP contribution in [-0.2, 0) is 9.59 Å². The van der Waals surface area contributed by atoms with E-state index in [1.54, 1.807) is 24.3 Å². The number of carbonyl (C=O) groups excluding carboxylic acids is 2. The van der Waals surface area contributed by atoms with Crippen molar-refractivity contribution in [2.45, 2.75) is 18.5 Å². The third-order valence-electron chi connectivity index (χ3n) is 10.3. The average molecular weight is 399 g/mol. The Bertz CT molecular complexity index is 1340. The van der Waals surface area contributed by atoms with Gasteiger partial charge in [-0.1, -0.05) is 30.4 Å². The average Bonchev–Trinajstić information content (AvgIpc) is 3.38. The Morgan fingerprint density at radius 3 is 1.73 bits per heavy atom. The summed E-state index contributed by atoms with van der Waals surface area (Å²) in [7, 11) is 0. The Morgan fingerprint density at radius 2 is 1.23 bits per heavy atom. The van der Waals surface area contributed by atoms with E-state index >= 15 is 0 Å². The summed E-state index contributed by atoms with van der Waals surface area (Å²) in [6, 6.07) is 7.83. The first-order valence-electron chi connectivity index (χ1n) is 10.9. The lowest BCUT2D eigenvalue weighted by Crippen LogP contribution is -2.78. The molecule has 0 radical (unpaired) electrons. The van der Waals surface area contributed by atoms with Crippen molar-refractivity contribution in [1.82, 2.24) is 13.9 Å². The molecule has 2 aromatic rings. The molecule has 5 saturated carbocycles. The molecule has 0 N–H and O–H groups in total. The maximum Gasteiger partial charge on any atom is 0.352 e. The molecule has 1 aromatic carbocycles. The molecule has 7 nitrogen and oxygen atoms in total. The SMILES string of the molecule is O=C1[C@H]2[C@@H]3C[C@@H]4[C@H]2C(=O)[C@]25[C@@H]4[C@@H]3[C@]12[C@H]1C=C[C@@H]5n2c(=O)n(-c3ccccc3)c(=O)n21. The Kier molecular flexibility index (Phi) is 1.92. The number of nitrogens with zero attached hydrogens (tertiary/aromatic N) is 3. The van der Waals surface area contributed by atoms with Gasteiger partial charge in [0.2, 0.25) is 0 Å². The topological polar surface area (TPSA) is 83.1 Å². The Morgan fingerprint density at radius 1 is 0.733 bits per heavy atom. The van der Waals surface area contributed by atoms with Crippen molar-refractivity contribution >= 4 is 11.6 Å². The van der Waals surface area contributed by atoms with Gasteiger partial charge in [0.15, 0.2) is 0 Å². The van der Waals surface area contributed by atoms with Crippen LogP contribution in [0.25, 0.3) is 5.69 Å². The lowest BCUT2D eigenvalue weighted by molar-refractivity contribution is -0.231. The lowest BCUT2D eigenvalue weighted by Gasteiger charge is -2.70. The summed E-state index contributed by atoms with van der Waals surface area (Å²) in [5, 5.41) is 0. The molecule has 2 spiro atoms. The molecule has 0 unspecified atom stereocenters. The van der Waals surface area contributed by atoms with Crippen molar-refractivity contribution in [3.05, 3.63) is 63.5 Å². The fourth-order valence-corrected chi connectivity index (χ4v) is 10.1. The van der Waals surface area contributed by atoms with E-state index in [4.69, 9.17) is 0 Å². The van der Waals surface area contributed by atoms with E-state index in [2.05, 4.69) is 0 Å². The molecular formula is C23H17N3O4. The van der Waals surface area contributed by atoms with Crippen molar-refractivity contribution < 1.29 is 9.59 Å². The van der Waals surface area contributed by atoms with Gasteiger partial charge in [-0.15, -0.1) is 0 Å². The summed E-state index contributed by atoms with van der Waals surface area (Å²) in [6.07, 6.45) is 4.86. The first kappa shape index (κ1) is 14.9. The lowest BCUT2D eigenvalue weighted by atomic mass is 9.33. The fraction of sp³-hybridized carbons (Fsp3) is 0.478. The molecule has 10 rings (SSSR count). The molecule has 4 bridgehead atoms. The third kappa shape index (κ3) is 0.956. The molecule has 1 aromatic heterocycles. The number of fused-ring (bicyclic) bond motifs is 1. The van der Waals surface area contributed by atoms with Crippen LogP contribution in [0.4, 0.5) is 0 Å². The van der Waals surface area contributed by atoms with E-state index in [0.717, 1.165) is 6.42 Å². The van der Waals surface area contributed by atoms with Crippen LogP contribution in [-0.4, -0.2) is 25.5 Å². The van der Waals surface area contributed by atoms with E-state index in [0.29, 0.717) is 17.5 Å². The minimum atomic E-state index is -0.801. The van der Waals surface area contributed by atoms with Gasteiger partial charge < -0.3 is 0 Å². The van der Waals surface area contributed by atoms with Gasteiger partial charge in [0.05, 0.1) is 28.6 Å². The zero-order valence-corrected chi connectivity index (χ0v) is 15.8. The van der Waals surface area contributed by atoms with Crippen molar-refractivity contribution in [3.63, 3.8) is 0 Å². The van der Waals surface area contributed by atoms with Gasteiger partial charge in [-0.3, -0.25) is 9.59 Å². The van der Waals surface area contributed by atoms with Crippen LogP contribution in [0.5, 0.6) is 0 Å². The van der Waals surface area contributed by atoms with Gasteiger partial charge in [-0.05, 0) is 42.2 Å². The third-order valence-corrected chi connectivity index (χ3v) is 10.3. The number of para-hydroxylation sites is 1. The van der Waals surface area contributed by atoms with Gasteiger partial charge in [-0.2, -0.15) is 0 Å². The molecule has 2 aliphatic heterocycles. The van der Waals surface area contributed by atoms with E-state index < -0.39 is 34.3 Å². The number of carbonyl (C=O) groups is 2. The zero-order valence-electron chi connectivity index (χ0n) is 15.8. The van der Waals surface area contributed by atoms with Crippen LogP contribution in [0, 0.1) is 46.3 Å². The van der Waals surface area contributed by atoms with Crippen LogP contribution < -0.4 is 11.4 Å². The standard InChI is InChI=1S/C23H17N3O4/c27-18-14-10-8-11-15(14)19(28)23-13-7-6-12(22(18,23)16(10)17(11)23)25-20(29)24(21(30)26(13)25)9-4-2-1-3-5-9/h1-7,10-17H,8H2/t10-,11+,12+,13-,14-,15+,16+,17-,22+,23-. The van der Waals surface area contributed by atoms with Gasteiger partial charge in [0.1, 0.15) is 11.6 Å². The largest absolute Gasteiger partial charge is 0.352 e. The first-order chi connectivity index (χ1) is 14.6. The zero-order chi connectivity index (χ0) is 19.9. The van der Waals surface area contributed by atoms with Crippen molar-refractivity contribution in [2.75, 3.05) is 0 Å². The first-order valence-corrected chi connectivity index (χ1v) is 10.9. The molecule has 5 fully saturated rings. The Balaban J connectivity index is 1.42. The van der Waals surface area contributed by atoms with Gasteiger partial charge in [0.25, 0.3) is 0 Å². The number of hydrogen-bond acceptors (Lipinski definition) is 4. The van der Waals surface area contributed by atoms with Crippen LogP contribution in [0.2, 0.25) is 0 Å². The van der Waals surface area contributed by atoms with Crippen LogP contribution in [0.15, 0.2) is 52.1 Å². The van der Waals surface area contributed by atoms with Gasteiger partial charge in [-0.25, -0.2) is 23.5 Å². The molecular weight excluding hydrogens is 382 g/mol. The summed E-state index contributed by atoms with van der Waals surface area (Å²) in [4.78, 5) is 54.8. The number of ketones is 2. The quantitative estimate of drug-likeness (QED) is 0.662. The number of Topliss-reactive ketones (excluding diaryl/α,β-unsaturated/α-hetero) is 2. The number of allylic oxidation sites excluding steroid dienone is 2. The second kappa shape index (κ2) is 3.86. The molecule has 10 atom stereocenters. The summed E-state index contributed by atoms with van der Waals surface area (Å²) in [5.74, 6) is 1.17. The second-order valence-electron chi connectivity index (χ2n) is 10.3. The molecule has 3 heterocycles. The summed E-state index contributed by atoms with van der Waals surface area (Å²) in [5.41, 5.74) is -1.92. The van der Waals surface area contributed by atoms with E-state index in [1.165, 1.54) is 13.9 Å². The van der Waals surface area contributed by atoms with Crippen LogP contribution in [0.1, 0.15) is 18.5 Å². The Hall–Kier alpha value is -2.96. The van der Waals surface area contributed by atoms with Crippen molar-refractivity contribution in [3.8, 4) is 5.69 Å². The van der Waals surface area contributed by atoms with Gasteiger partial charge in [0, 0.05) is 11.8 Å². The number of hydrogen-bond donors (Lipinski definition) is 0. The van der Waals surface area contributed by atoms with Crippen molar-refractivity contribution in [1.29, 1.82) is 0 Å². The second-order valence-corrected chi connectivity index (χ2v) is 10.3. The highest BCUT2D eigenvalue weighted by molar-refractivity contribution is 6.13. The molecule has 0 saturated heterocycles. The molecule has 30 heavy (non-hydrogen) atoms. The number of benzene rings is 1. The predicted octanol–water partition coefficient (Wildman–Crippen LogP) is 0.733.